The van der Waals surface area contributed by atoms with E-state index in [1.165, 1.54) is 4.68 Å². The molecule has 1 atom stereocenters. The van der Waals surface area contributed by atoms with Crippen LogP contribution in [0.4, 0.5) is 0 Å². The summed E-state index contributed by atoms with van der Waals surface area (Å²) in [5.74, 6) is 10.5. The first-order chi connectivity index (χ1) is 5.16. The van der Waals surface area contributed by atoms with Crippen molar-refractivity contribution in [3.8, 4) is 0 Å². The Morgan fingerprint density at radius 2 is 2.18 bits per heavy atom. The SMILES string of the molecule is CC(N)n1ccn(N)c1=NN. The second-order valence-corrected chi connectivity index (χ2v) is 2.28. The van der Waals surface area contributed by atoms with Crippen molar-refractivity contribution in [3.05, 3.63) is 18.0 Å². The molecule has 0 aliphatic carbocycles. The van der Waals surface area contributed by atoms with E-state index in [4.69, 9.17) is 17.4 Å². The van der Waals surface area contributed by atoms with E-state index in [0.717, 1.165) is 0 Å². The monoisotopic (exact) mass is 156 g/mol. The minimum atomic E-state index is -0.179. The van der Waals surface area contributed by atoms with Crippen LogP contribution in [0.3, 0.4) is 0 Å². The predicted molar refractivity (Wildman–Crippen MR) is 41.2 cm³/mol. The van der Waals surface area contributed by atoms with E-state index in [1.807, 2.05) is 6.92 Å². The van der Waals surface area contributed by atoms with Gasteiger partial charge in [0.05, 0.1) is 6.17 Å². The number of rotatable bonds is 1. The van der Waals surface area contributed by atoms with E-state index < -0.39 is 0 Å². The summed E-state index contributed by atoms with van der Waals surface area (Å²) in [7, 11) is 0. The van der Waals surface area contributed by atoms with Crippen LogP contribution in [0.5, 0.6) is 0 Å². The molecular formula is C5H12N6. The molecule has 6 nitrogen and oxygen atoms in total. The van der Waals surface area contributed by atoms with Crippen molar-refractivity contribution in [2.24, 2.45) is 16.7 Å². The smallest absolute Gasteiger partial charge is 0.246 e. The molecule has 6 heteroatoms. The van der Waals surface area contributed by atoms with Gasteiger partial charge in [-0.05, 0) is 6.92 Å². The maximum Gasteiger partial charge on any atom is 0.246 e. The Morgan fingerprint density at radius 3 is 2.55 bits per heavy atom. The number of nitrogens with zero attached hydrogens (tertiary/aromatic N) is 3. The highest BCUT2D eigenvalue weighted by molar-refractivity contribution is 4.81. The average molecular weight is 156 g/mol. The molecule has 62 valence electrons. The van der Waals surface area contributed by atoms with Gasteiger partial charge in [0.15, 0.2) is 0 Å². The molecule has 0 spiro atoms. The topological polar surface area (TPSA) is 100 Å². The third kappa shape index (κ3) is 1.20. The summed E-state index contributed by atoms with van der Waals surface area (Å²) in [4.78, 5) is 0. The van der Waals surface area contributed by atoms with E-state index in [-0.39, 0.29) is 6.17 Å². The molecule has 1 unspecified atom stereocenters. The molecule has 0 aliphatic heterocycles. The van der Waals surface area contributed by atoms with E-state index in [1.54, 1.807) is 17.0 Å². The normalized spacial score (nSPS) is 15.3. The summed E-state index contributed by atoms with van der Waals surface area (Å²) in [6, 6.07) is 0. The van der Waals surface area contributed by atoms with E-state index in [2.05, 4.69) is 5.10 Å². The lowest BCUT2D eigenvalue weighted by Crippen LogP contribution is -2.35. The van der Waals surface area contributed by atoms with Gasteiger partial charge in [0.2, 0.25) is 5.62 Å². The third-order valence-electron chi connectivity index (χ3n) is 1.40. The fourth-order valence-electron chi connectivity index (χ4n) is 0.862. The summed E-state index contributed by atoms with van der Waals surface area (Å²) in [6.45, 7) is 1.81. The fraction of sp³-hybridized carbons (Fsp3) is 0.400. The molecule has 0 saturated carbocycles. The number of hydrogen-bond donors (Lipinski definition) is 3. The molecule has 0 bridgehead atoms. The Morgan fingerprint density at radius 1 is 1.55 bits per heavy atom. The van der Waals surface area contributed by atoms with Gasteiger partial charge in [-0.15, -0.1) is 5.10 Å². The van der Waals surface area contributed by atoms with Crippen molar-refractivity contribution in [1.29, 1.82) is 0 Å². The Balaban J connectivity index is 3.28. The van der Waals surface area contributed by atoms with Crippen LogP contribution in [0.15, 0.2) is 17.5 Å². The van der Waals surface area contributed by atoms with Crippen LogP contribution in [-0.2, 0) is 0 Å². The minimum absolute atomic E-state index is 0.179. The fourth-order valence-corrected chi connectivity index (χ4v) is 0.862. The van der Waals surface area contributed by atoms with E-state index in [9.17, 15) is 0 Å². The van der Waals surface area contributed by atoms with Gasteiger partial charge in [0.1, 0.15) is 0 Å². The van der Waals surface area contributed by atoms with Crippen LogP contribution >= 0.6 is 0 Å². The lowest BCUT2D eigenvalue weighted by Gasteiger charge is -2.05. The highest BCUT2D eigenvalue weighted by Crippen LogP contribution is 1.89. The van der Waals surface area contributed by atoms with Crippen molar-refractivity contribution in [3.63, 3.8) is 0 Å². The molecule has 1 aromatic heterocycles. The second kappa shape index (κ2) is 2.67. The summed E-state index contributed by atoms with van der Waals surface area (Å²) in [5.41, 5.74) is 6.03. The largest absolute Gasteiger partial charge is 0.337 e. The van der Waals surface area contributed by atoms with Gasteiger partial charge in [0.25, 0.3) is 0 Å². The molecule has 1 heterocycles. The number of nitrogen functional groups attached to an aromatic ring is 1. The molecule has 6 N–H and O–H groups in total. The molecular weight excluding hydrogens is 144 g/mol. The number of nitrogens with two attached hydrogens (primary N) is 3. The molecule has 0 radical (unpaired) electrons. The average Bonchev–Trinajstić information content (AvgIpc) is 2.30. The van der Waals surface area contributed by atoms with Gasteiger partial charge >= 0.3 is 0 Å². The Kier molecular flexibility index (Phi) is 1.86. The van der Waals surface area contributed by atoms with Crippen LogP contribution in [-0.4, -0.2) is 9.24 Å². The highest BCUT2D eigenvalue weighted by Gasteiger charge is 2.00. The zero-order chi connectivity index (χ0) is 8.43. The van der Waals surface area contributed by atoms with Gasteiger partial charge < -0.3 is 17.4 Å². The molecule has 0 saturated heterocycles. The van der Waals surface area contributed by atoms with E-state index >= 15 is 0 Å². The van der Waals surface area contributed by atoms with E-state index in [0.29, 0.717) is 5.62 Å². The molecule has 1 aromatic rings. The van der Waals surface area contributed by atoms with Crippen LogP contribution < -0.4 is 23.0 Å². The molecule has 0 aromatic carbocycles. The molecule has 0 amide bonds. The first-order valence-corrected chi connectivity index (χ1v) is 3.21. The van der Waals surface area contributed by atoms with Crippen LogP contribution in [0.2, 0.25) is 0 Å². The van der Waals surface area contributed by atoms with Crippen molar-refractivity contribution < 1.29 is 0 Å². The Labute approximate surface area is 63.9 Å². The molecule has 11 heavy (non-hydrogen) atoms. The lowest BCUT2D eigenvalue weighted by atomic mass is 10.6. The van der Waals surface area contributed by atoms with Gasteiger partial charge in [-0.1, -0.05) is 0 Å². The third-order valence-corrected chi connectivity index (χ3v) is 1.40. The highest BCUT2D eigenvalue weighted by atomic mass is 15.4. The minimum Gasteiger partial charge on any atom is -0.337 e. The first-order valence-electron chi connectivity index (χ1n) is 3.21. The van der Waals surface area contributed by atoms with Crippen LogP contribution in [0.1, 0.15) is 13.1 Å². The van der Waals surface area contributed by atoms with Gasteiger partial charge in [-0.25, -0.2) is 4.68 Å². The lowest BCUT2D eigenvalue weighted by molar-refractivity contribution is 0.533. The van der Waals surface area contributed by atoms with Gasteiger partial charge in [0, 0.05) is 12.4 Å². The molecule has 1 rings (SSSR count). The summed E-state index contributed by atoms with van der Waals surface area (Å²) in [6.07, 6.45) is 3.17. The van der Waals surface area contributed by atoms with Crippen molar-refractivity contribution >= 4 is 0 Å². The quantitative estimate of drug-likeness (QED) is 0.332. The van der Waals surface area contributed by atoms with Crippen molar-refractivity contribution in [2.45, 2.75) is 13.1 Å². The standard InChI is InChI=1S/C5H12N6/c1-4(6)10-2-3-11(8)5(10)9-7/h2-4H,6-8H2,1H3. The van der Waals surface area contributed by atoms with Crippen LogP contribution in [0.25, 0.3) is 0 Å². The van der Waals surface area contributed by atoms with Crippen LogP contribution in [0, 0.1) is 0 Å². The number of aromatic nitrogens is 2. The summed E-state index contributed by atoms with van der Waals surface area (Å²) in [5, 5.41) is 3.47. The Bertz CT molecular complexity index is 292. The number of imidazole rings is 1. The summed E-state index contributed by atoms with van der Waals surface area (Å²) < 4.78 is 2.98. The van der Waals surface area contributed by atoms with Crippen molar-refractivity contribution in [2.75, 3.05) is 5.84 Å². The molecule has 0 fully saturated rings. The van der Waals surface area contributed by atoms with Crippen molar-refractivity contribution in [1.82, 2.24) is 9.24 Å². The predicted octanol–water partition coefficient (Wildman–Crippen LogP) is -1.74. The Hall–Kier alpha value is -1.43. The van der Waals surface area contributed by atoms with Gasteiger partial charge in [-0.3, -0.25) is 4.57 Å². The summed E-state index contributed by atoms with van der Waals surface area (Å²) >= 11 is 0. The second-order valence-electron chi connectivity index (χ2n) is 2.28. The number of hydrogen-bond acceptors (Lipinski definition) is 4. The zero-order valence-electron chi connectivity index (χ0n) is 6.31. The first kappa shape index (κ1) is 7.67. The maximum absolute atomic E-state index is 5.58. The molecule has 0 aliphatic rings. The zero-order valence-corrected chi connectivity index (χ0v) is 6.31. The van der Waals surface area contributed by atoms with Gasteiger partial charge in [-0.2, -0.15) is 0 Å². The maximum atomic E-state index is 5.58.